The van der Waals surface area contributed by atoms with Crippen LogP contribution in [0, 0.1) is 12.8 Å². The molecule has 0 atom stereocenters. The fourth-order valence-electron chi connectivity index (χ4n) is 6.05. The number of Topliss-reactive ketones (excluding diaryl/α,β-unsaturated/α-hetero) is 4. The molecule has 3 aromatic carbocycles. The second-order valence-corrected chi connectivity index (χ2v) is 16.0. The number of halogens is 3. The van der Waals surface area contributed by atoms with Gasteiger partial charge in [0.25, 0.3) is 0 Å². The molecule has 1 aliphatic heterocycles. The van der Waals surface area contributed by atoms with Crippen molar-refractivity contribution in [2.24, 2.45) is 13.0 Å². The van der Waals surface area contributed by atoms with Crippen LogP contribution in [0.4, 0.5) is 0 Å². The summed E-state index contributed by atoms with van der Waals surface area (Å²) in [4.78, 5) is 62.2. The molecule has 1 aliphatic carbocycles. The number of hydrogen-bond acceptors (Lipinski definition) is 12. The summed E-state index contributed by atoms with van der Waals surface area (Å²) < 4.78 is 47.6. The Balaban J connectivity index is 0.000000249. The number of nitrogens with zero attached hydrogens (tertiary/aromatic N) is 2. The molecule has 0 spiro atoms. The summed E-state index contributed by atoms with van der Waals surface area (Å²) in [6, 6.07) is 15.9. The van der Waals surface area contributed by atoms with Crippen molar-refractivity contribution in [2.75, 3.05) is 32.7 Å². The summed E-state index contributed by atoms with van der Waals surface area (Å²) in [5.41, 5.74) is 1.45. The van der Waals surface area contributed by atoms with E-state index >= 15 is 0 Å². The summed E-state index contributed by atoms with van der Waals surface area (Å²) in [5, 5.41) is 4.68. The third-order valence-corrected chi connectivity index (χ3v) is 10.8. The Morgan fingerprint density at radius 3 is 2.16 bits per heavy atom. The van der Waals surface area contributed by atoms with Crippen molar-refractivity contribution in [3.05, 3.63) is 104 Å². The Morgan fingerprint density at radius 1 is 0.912 bits per heavy atom. The minimum Gasteiger partial charge on any atom is -0.490 e. The third-order valence-electron chi connectivity index (χ3n) is 8.78. The smallest absolute Gasteiger partial charge is 0.490 e. The predicted octanol–water partition coefficient (Wildman–Crippen LogP) is 3.54. The first kappa shape index (κ1) is 46.3. The van der Waals surface area contributed by atoms with E-state index in [0.717, 1.165) is 6.26 Å². The van der Waals surface area contributed by atoms with E-state index in [1.54, 1.807) is 50.4 Å². The van der Waals surface area contributed by atoms with Gasteiger partial charge in [-0.25, -0.2) is 13.1 Å². The maximum Gasteiger partial charge on any atom is 1.00 e. The molecular formula is C39H37Cl3N2NaO11S+. The summed E-state index contributed by atoms with van der Waals surface area (Å²) >= 11 is 18.4. The van der Waals surface area contributed by atoms with E-state index in [0.29, 0.717) is 42.3 Å². The van der Waals surface area contributed by atoms with Crippen LogP contribution in [0.1, 0.15) is 68.0 Å². The molecule has 0 N–H and O–H groups in total. The Bertz CT molecular complexity index is 2260. The molecule has 6 rings (SSSR count). The van der Waals surface area contributed by atoms with Crippen LogP contribution < -0.4 is 39.0 Å². The SMILES string of the molecule is CS(=O)(=O)c1ccc(C(=O)C2C(=O)CCCC2=O)c(Cl)c1OCCC1OCCO1.Cc1nn(C)c(OCC(=O)c2ccccc2)c1C(=O)c1ccc(Cl)cc1Cl.[Na+]. The number of sulfone groups is 1. The van der Waals surface area contributed by atoms with Gasteiger partial charge in [-0.15, -0.1) is 0 Å². The summed E-state index contributed by atoms with van der Waals surface area (Å²) in [6.07, 6.45) is 1.57. The molecule has 13 nitrogen and oxygen atoms in total. The topological polar surface area (TPSA) is 174 Å². The van der Waals surface area contributed by atoms with Gasteiger partial charge in [0, 0.05) is 54.3 Å². The van der Waals surface area contributed by atoms with E-state index in [4.69, 9.17) is 53.8 Å². The van der Waals surface area contributed by atoms with Crippen molar-refractivity contribution in [2.45, 2.75) is 43.8 Å². The van der Waals surface area contributed by atoms with E-state index in [9.17, 15) is 32.4 Å². The first-order chi connectivity index (χ1) is 26.6. The van der Waals surface area contributed by atoms with Crippen molar-refractivity contribution >= 4 is 73.6 Å². The number of aryl methyl sites for hydroxylation is 2. The summed E-state index contributed by atoms with van der Waals surface area (Å²) in [7, 11) is -2.06. The van der Waals surface area contributed by atoms with Crippen LogP contribution >= 0.6 is 34.8 Å². The monoisotopic (exact) mass is 869 g/mol. The second-order valence-electron chi connectivity index (χ2n) is 12.8. The molecule has 296 valence electrons. The number of ether oxygens (including phenoxy) is 4. The Labute approximate surface area is 366 Å². The maximum absolute atomic E-state index is 13.0. The molecule has 1 saturated carbocycles. The van der Waals surface area contributed by atoms with Gasteiger partial charge in [-0.2, -0.15) is 5.10 Å². The molecular weight excluding hydrogens is 834 g/mol. The zero-order chi connectivity index (χ0) is 40.7. The van der Waals surface area contributed by atoms with E-state index in [2.05, 4.69) is 5.10 Å². The van der Waals surface area contributed by atoms with Gasteiger partial charge in [-0.1, -0.05) is 65.1 Å². The van der Waals surface area contributed by atoms with E-state index in [1.165, 1.54) is 22.9 Å². The fraction of sp³-hybridized carbons (Fsp3) is 0.333. The molecule has 4 aromatic rings. The Morgan fingerprint density at radius 2 is 1.54 bits per heavy atom. The van der Waals surface area contributed by atoms with Crippen LogP contribution in [0.5, 0.6) is 11.6 Å². The molecule has 2 aliphatic rings. The van der Waals surface area contributed by atoms with Crippen molar-refractivity contribution in [3.63, 3.8) is 0 Å². The minimum atomic E-state index is -3.71. The van der Waals surface area contributed by atoms with Gasteiger partial charge in [-0.3, -0.25) is 24.0 Å². The molecule has 0 bridgehead atoms. The van der Waals surface area contributed by atoms with Crippen molar-refractivity contribution < 1.29 is 80.9 Å². The Hall–Kier alpha value is -3.44. The Kier molecular flexibility index (Phi) is 16.6. The number of carbonyl (C=O) groups excluding carboxylic acids is 5. The second kappa shape index (κ2) is 20.5. The number of ketones is 5. The van der Waals surface area contributed by atoms with Gasteiger partial charge in [0.1, 0.15) is 16.4 Å². The average molecular weight is 871 g/mol. The molecule has 0 unspecified atom stereocenters. The van der Waals surface area contributed by atoms with Gasteiger partial charge >= 0.3 is 29.6 Å². The van der Waals surface area contributed by atoms with Gasteiger partial charge in [0.2, 0.25) is 11.7 Å². The number of aromatic nitrogens is 2. The molecule has 0 radical (unpaired) electrons. The van der Waals surface area contributed by atoms with Crippen LogP contribution in [0.15, 0.2) is 65.6 Å². The molecule has 18 heteroatoms. The number of rotatable bonds is 13. The standard InChI is InChI=1S/C20H16Cl2N2O3.C19H21ClO8S.Na/c1-12-18(19(26)15-9-8-14(21)10-16(15)22)20(24(2)23-12)27-11-17(25)13-6-4-3-5-7-13;1-29(24,25)14-6-5-11(18(23)16-12(21)3-2-4-13(16)22)17(20)19(14)28-8-7-15-26-9-10-27-15;/h3-10H,11H2,1-2H3;5-6,15-16H,2-4,7-10H2,1H3;/q;;+1. The van der Waals surface area contributed by atoms with Crippen molar-refractivity contribution in [3.8, 4) is 11.6 Å². The number of hydrogen-bond donors (Lipinski definition) is 0. The molecule has 1 saturated heterocycles. The van der Waals surface area contributed by atoms with Crippen LogP contribution in [-0.4, -0.2) is 86.1 Å². The maximum atomic E-state index is 13.0. The average Bonchev–Trinajstić information content (AvgIpc) is 3.77. The van der Waals surface area contributed by atoms with Gasteiger partial charge in [0.15, 0.2) is 51.6 Å². The van der Waals surface area contributed by atoms with Crippen LogP contribution in [-0.2, 0) is 35.9 Å². The zero-order valence-electron chi connectivity index (χ0n) is 31.5. The number of carbonyl (C=O) groups is 5. The van der Waals surface area contributed by atoms with Gasteiger partial charge < -0.3 is 18.9 Å². The predicted molar refractivity (Wildman–Crippen MR) is 206 cm³/mol. The molecule has 2 heterocycles. The normalized spacial score (nSPS) is 14.7. The molecule has 1 aromatic heterocycles. The van der Waals surface area contributed by atoms with Crippen molar-refractivity contribution in [1.29, 1.82) is 0 Å². The number of benzene rings is 3. The van der Waals surface area contributed by atoms with Gasteiger partial charge in [-0.05, 0) is 43.7 Å². The van der Waals surface area contributed by atoms with Crippen LogP contribution in [0.2, 0.25) is 15.1 Å². The molecule has 57 heavy (non-hydrogen) atoms. The third kappa shape index (κ3) is 11.4. The summed E-state index contributed by atoms with van der Waals surface area (Å²) in [6.45, 7) is 2.45. The van der Waals surface area contributed by atoms with Crippen LogP contribution in [0.3, 0.4) is 0 Å². The summed E-state index contributed by atoms with van der Waals surface area (Å²) in [5.74, 6) is -3.56. The minimum absolute atomic E-state index is 0. The molecule has 0 amide bonds. The van der Waals surface area contributed by atoms with Crippen molar-refractivity contribution in [1.82, 2.24) is 9.78 Å². The quantitative estimate of drug-likeness (QED) is 0.109. The van der Waals surface area contributed by atoms with E-state index in [1.807, 2.05) is 6.07 Å². The largest absolute Gasteiger partial charge is 1.00 e. The van der Waals surface area contributed by atoms with E-state index < -0.39 is 39.4 Å². The first-order valence-electron chi connectivity index (χ1n) is 17.3. The van der Waals surface area contributed by atoms with E-state index in [-0.39, 0.29) is 110 Å². The zero-order valence-corrected chi connectivity index (χ0v) is 36.6. The fourth-order valence-corrected chi connectivity index (χ4v) is 7.73. The molecule has 2 fully saturated rings. The van der Waals surface area contributed by atoms with Crippen LogP contribution in [0.25, 0.3) is 0 Å². The first-order valence-corrected chi connectivity index (χ1v) is 20.3. The van der Waals surface area contributed by atoms with Gasteiger partial charge in [0.05, 0.1) is 35.6 Å².